The highest BCUT2D eigenvalue weighted by molar-refractivity contribution is 6.28. The van der Waals surface area contributed by atoms with Crippen molar-refractivity contribution in [3.63, 3.8) is 0 Å². The molecular weight excluding hydrogens is 252 g/mol. The lowest BCUT2D eigenvalue weighted by atomic mass is 10.3. The van der Waals surface area contributed by atoms with E-state index in [1.165, 1.54) is 6.20 Å². The lowest BCUT2D eigenvalue weighted by molar-refractivity contribution is 0.452. The molecule has 7 heteroatoms. The van der Waals surface area contributed by atoms with Gasteiger partial charge in [0.1, 0.15) is 23.1 Å². The molecule has 1 aromatic carbocycles. The lowest BCUT2D eigenvalue weighted by Crippen LogP contribution is -1.97. The van der Waals surface area contributed by atoms with Gasteiger partial charge in [0.2, 0.25) is 11.2 Å². The summed E-state index contributed by atoms with van der Waals surface area (Å²) in [5.74, 6) is -1.66. The molecule has 0 aliphatic carbocycles. The molecule has 2 rings (SSSR count). The van der Waals surface area contributed by atoms with E-state index in [1.54, 1.807) is 0 Å². The van der Waals surface area contributed by atoms with E-state index in [0.717, 1.165) is 18.2 Å². The molecule has 0 saturated carbocycles. The molecule has 0 aliphatic heterocycles. The summed E-state index contributed by atoms with van der Waals surface area (Å²) >= 11 is 5.54. The molecule has 0 saturated heterocycles. The van der Waals surface area contributed by atoms with Crippen LogP contribution in [0.4, 0.5) is 14.5 Å². The average Bonchev–Trinajstić information content (AvgIpc) is 2.22. The quantitative estimate of drug-likeness (QED) is 0.841. The largest absolute Gasteiger partial charge is 0.437 e. The summed E-state index contributed by atoms with van der Waals surface area (Å²) in [5, 5.41) is -0.0777. The fourth-order valence-electron chi connectivity index (χ4n) is 1.14. The Kier molecular flexibility index (Phi) is 3.06. The standard InChI is InChI=1S/C10H6ClF2N3O/c11-10-15-4-8(14)9(16-10)17-7-2-5(12)1-6(13)3-7/h1-4H,14H2. The molecule has 0 aliphatic rings. The third-order valence-electron chi connectivity index (χ3n) is 1.80. The lowest BCUT2D eigenvalue weighted by Gasteiger charge is -2.07. The van der Waals surface area contributed by atoms with Crippen LogP contribution in [-0.2, 0) is 0 Å². The first-order valence-electron chi connectivity index (χ1n) is 4.46. The van der Waals surface area contributed by atoms with Crippen molar-refractivity contribution < 1.29 is 13.5 Å². The zero-order chi connectivity index (χ0) is 12.4. The van der Waals surface area contributed by atoms with Gasteiger partial charge in [0.25, 0.3) is 0 Å². The second-order valence-corrected chi connectivity index (χ2v) is 3.44. The molecule has 0 amide bonds. The van der Waals surface area contributed by atoms with Crippen LogP contribution in [0.1, 0.15) is 0 Å². The van der Waals surface area contributed by atoms with Gasteiger partial charge < -0.3 is 10.5 Å². The molecule has 1 heterocycles. The van der Waals surface area contributed by atoms with E-state index in [4.69, 9.17) is 22.1 Å². The van der Waals surface area contributed by atoms with Gasteiger partial charge in [0, 0.05) is 18.2 Å². The second kappa shape index (κ2) is 4.50. The number of nitrogens with zero attached hydrogens (tertiary/aromatic N) is 2. The molecule has 2 N–H and O–H groups in total. The summed E-state index contributed by atoms with van der Waals surface area (Å²) in [7, 11) is 0. The van der Waals surface area contributed by atoms with E-state index < -0.39 is 11.6 Å². The monoisotopic (exact) mass is 257 g/mol. The number of anilines is 1. The van der Waals surface area contributed by atoms with Crippen LogP contribution in [0, 0.1) is 11.6 Å². The summed E-state index contributed by atoms with van der Waals surface area (Å²) in [6.07, 6.45) is 1.24. The highest BCUT2D eigenvalue weighted by Gasteiger charge is 2.08. The molecule has 4 nitrogen and oxygen atoms in total. The first kappa shape index (κ1) is 11.5. The number of benzene rings is 1. The van der Waals surface area contributed by atoms with Crippen LogP contribution in [0.3, 0.4) is 0 Å². The number of nitrogens with two attached hydrogens (primary N) is 1. The van der Waals surface area contributed by atoms with E-state index in [2.05, 4.69) is 9.97 Å². The fourth-order valence-corrected chi connectivity index (χ4v) is 1.26. The predicted molar refractivity (Wildman–Crippen MR) is 57.9 cm³/mol. The molecule has 0 bridgehead atoms. The SMILES string of the molecule is Nc1cnc(Cl)nc1Oc1cc(F)cc(F)c1. The highest BCUT2D eigenvalue weighted by Crippen LogP contribution is 2.26. The summed E-state index contributed by atoms with van der Waals surface area (Å²) in [5.41, 5.74) is 5.63. The molecule has 0 radical (unpaired) electrons. The van der Waals surface area contributed by atoms with Crippen molar-refractivity contribution >= 4 is 17.3 Å². The van der Waals surface area contributed by atoms with Crippen molar-refractivity contribution in [1.29, 1.82) is 0 Å². The van der Waals surface area contributed by atoms with Crippen LogP contribution < -0.4 is 10.5 Å². The Balaban J connectivity index is 2.34. The summed E-state index contributed by atoms with van der Waals surface area (Å²) in [4.78, 5) is 7.31. The third-order valence-corrected chi connectivity index (χ3v) is 1.98. The van der Waals surface area contributed by atoms with Crippen LogP contribution >= 0.6 is 11.6 Å². The van der Waals surface area contributed by atoms with Crippen LogP contribution in [0.15, 0.2) is 24.4 Å². The first-order chi connectivity index (χ1) is 8.04. The van der Waals surface area contributed by atoms with Gasteiger partial charge in [-0.3, -0.25) is 0 Å². The minimum absolute atomic E-state index is 0.0602. The van der Waals surface area contributed by atoms with E-state index in [-0.39, 0.29) is 22.6 Å². The molecule has 1 aromatic heterocycles. The van der Waals surface area contributed by atoms with Gasteiger partial charge in [-0.25, -0.2) is 13.8 Å². The minimum atomic E-state index is -0.765. The van der Waals surface area contributed by atoms with Crippen LogP contribution in [0.5, 0.6) is 11.6 Å². The maximum atomic E-state index is 12.9. The Morgan fingerprint density at radius 1 is 1.18 bits per heavy atom. The molecule has 17 heavy (non-hydrogen) atoms. The second-order valence-electron chi connectivity index (χ2n) is 3.11. The van der Waals surface area contributed by atoms with E-state index in [1.807, 2.05) is 0 Å². The first-order valence-corrected chi connectivity index (χ1v) is 4.84. The van der Waals surface area contributed by atoms with Crippen molar-refractivity contribution in [2.45, 2.75) is 0 Å². The molecule has 0 fully saturated rings. The Bertz CT molecular complexity index is 545. The number of ether oxygens (including phenoxy) is 1. The van der Waals surface area contributed by atoms with Crippen molar-refractivity contribution in [2.24, 2.45) is 0 Å². The highest BCUT2D eigenvalue weighted by atomic mass is 35.5. The summed E-state index contributed by atoms with van der Waals surface area (Å²) in [6.45, 7) is 0. The van der Waals surface area contributed by atoms with E-state index >= 15 is 0 Å². The zero-order valence-corrected chi connectivity index (χ0v) is 9.08. The smallest absolute Gasteiger partial charge is 0.247 e. The predicted octanol–water partition coefficient (Wildman–Crippen LogP) is 2.78. The summed E-state index contributed by atoms with van der Waals surface area (Å²) in [6, 6.07) is 2.72. The number of nitrogen functional groups attached to an aromatic ring is 1. The zero-order valence-electron chi connectivity index (χ0n) is 8.32. The minimum Gasteiger partial charge on any atom is -0.437 e. The van der Waals surface area contributed by atoms with E-state index in [0.29, 0.717) is 0 Å². The Morgan fingerprint density at radius 2 is 1.82 bits per heavy atom. The number of halogens is 3. The van der Waals surface area contributed by atoms with Crippen LogP contribution in [0.2, 0.25) is 5.28 Å². The maximum Gasteiger partial charge on any atom is 0.247 e. The van der Waals surface area contributed by atoms with E-state index in [9.17, 15) is 8.78 Å². The third kappa shape index (κ3) is 2.79. The maximum absolute atomic E-state index is 12.9. The molecule has 0 spiro atoms. The Hall–Kier alpha value is -1.95. The van der Waals surface area contributed by atoms with Crippen molar-refractivity contribution in [2.75, 3.05) is 5.73 Å². The number of rotatable bonds is 2. The van der Waals surface area contributed by atoms with Gasteiger partial charge in [0.05, 0.1) is 6.20 Å². The van der Waals surface area contributed by atoms with Crippen LogP contribution in [-0.4, -0.2) is 9.97 Å². The molecule has 0 unspecified atom stereocenters. The molecule has 0 atom stereocenters. The number of hydrogen-bond donors (Lipinski definition) is 1. The van der Waals surface area contributed by atoms with Gasteiger partial charge in [-0.2, -0.15) is 4.98 Å². The topological polar surface area (TPSA) is 61.0 Å². The number of aromatic nitrogens is 2. The van der Waals surface area contributed by atoms with Gasteiger partial charge in [-0.1, -0.05) is 0 Å². The normalized spacial score (nSPS) is 10.3. The van der Waals surface area contributed by atoms with Gasteiger partial charge >= 0.3 is 0 Å². The Labute approximate surface area is 100 Å². The molecular formula is C10H6ClF2N3O. The van der Waals surface area contributed by atoms with Crippen molar-refractivity contribution in [1.82, 2.24) is 9.97 Å². The summed E-state index contributed by atoms with van der Waals surface area (Å²) < 4.78 is 30.9. The van der Waals surface area contributed by atoms with Crippen molar-refractivity contribution in [3.05, 3.63) is 41.3 Å². The number of hydrogen-bond acceptors (Lipinski definition) is 4. The molecule has 2 aromatic rings. The van der Waals surface area contributed by atoms with Crippen LogP contribution in [0.25, 0.3) is 0 Å². The average molecular weight is 258 g/mol. The fraction of sp³-hybridized carbons (Fsp3) is 0. The molecule has 88 valence electrons. The van der Waals surface area contributed by atoms with Crippen molar-refractivity contribution in [3.8, 4) is 11.6 Å². The van der Waals surface area contributed by atoms with Gasteiger partial charge in [-0.05, 0) is 11.6 Å². The van der Waals surface area contributed by atoms with Gasteiger partial charge in [0.15, 0.2) is 0 Å². The Morgan fingerprint density at radius 3 is 2.47 bits per heavy atom. The van der Waals surface area contributed by atoms with Gasteiger partial charge in [-0.15, -0.1) is 0 Å².